The predicted molar refractivity (Wildman–Crippen MR) is 92.2 cm³/mol. The molecule has 0 bridgehead atoms. The number of benzene rings is 2. The topological polar surface area (TPSA) is 47.6 Å². The third-order valence-electron chi connectivity index (χ3n) is 3.25. The van der Waals surface area contributed by atoms with Crippen LogP contribution >= 0.6 is 0 Å². The van der Waals surface area contributed by atoms with Gasteiger partial charge in [-0.1, -0.05) is 24.3 Å². The van der Waals surface area contributed by atoms with Gasteiger partial charge >= 0.3 is 0 Å². The molecule has 0 saturated carbocycles. The number of anilines is 1. The van der Waals surface area contributed by atoms with Crippen molar-refractivity contribution in [3.8, 4) is 11.5 Å². The van der Waals surface area contributed by atoms with E-state index in [1.807, 2.05) is 64.1 Å². The molecule has 2 aromatic rings. The minimum atomic E-state index is -0.200. The summed E-state index contributed by atoms with van der Waals surface area (Å²) >= 11 is 0. The van der Waals surface area contributed by atoms with Crippen LogP contribution in [0.3, 0.4) is 0 Å². The summed E-state index contributed by atoms with van der Waals surface area (Å²) in [6, 6.07) is 13.2. The number of hydrogen-bond acceptors (Lipinski definition) is 3. The number of amides is 1. The molecule has 0 aromatic heterocycles. The van der Waals surface area contributed by atoms with Gasteiger partial charge < -0.3 is 14.8 Å². The second kappa shape index (κ2) is 7.68. The molecule has 1 N–H and O–H groups in total. The molecule has 1 amide bonds. The molecule has 4 nitrogen and oxygen atoms in total. The number of carbonyl (C=O) groups excluding carboxylic acids is 1. The van der Waals surface area contributed by atoms with Gasteiger partial charge in [-0.2, -0.15) is 0 Å². The molecular formula is C19H23NO3. The summed E-state index contributed by atoms with van der Waals surface area (Å²) in [4.78, 5) is 12.1. The first-order valence-corrected chi connectivity index (χ1v) is 7.71. The van der Waals surface area contributed by atoms with E-state index in [-0.39, 0.29) is 18.6 Å². The molecule has 0 aliphatic rings. The van der Waals surface area contributed by atoms with Crippen molar-refractivity contribution in [3.63, 3.8) is 0 Å². The van der Waals surface area contributed by atoms with E-state index in [0.717, 1.165) is 22.6 Å². The molecular weight excluding hydrogens is 290 g/mol. The molecule has 2 rings (SSSR count). The zero-order chi connectivity index (χ0) is 16.8. The van der Waals surface area contributed by atoms with Crippen molar-refractivity contribution < 1.29 is 14.3 Å². The van der Waals surface area contributed by atoms with Crippen molar-refractivity contribution in [2.45, 2.75) is 33.8 Å². The Hall–Kier alpha value is -2.49. The molecule has 0 fully saturated rings. The highest BCUT2D eigenvalue weighted by atomic mass is 16.5. The van der Waals surface area contributed by atoms with Crippen molar-refractivity contribution in [2.24, 2.45) is 0 Å². The average molecular weight is 313 g/mol. The van der Waals surface area contributed by atoms with Crippen molar-refractivity contribution >= 4 is 11.6 Å². The molecule has 23 heavy (non-hydrogen) atoms. The quantitative estimate of drug-likeness (QED) is 0.873. The Morgan fingerprint density at radius 2 is 1.74 bits per heavy atom. The highest BCUT2D eigenvalue weighted by Crippen LogP contribution is 2.22. The number of para-hydroxylation sites is 1. The van der Waals surface area contributed by atoms with Gasteiger partial charge in [-0.15, -0.1) is 0 Å². The SMILES string of the molecule is Cc1cccc(C)c1OCC(=O)Nc1cccc(OC(C)C)c1. The van der Waals surface area contributed by atoms with Crippen LogP contribution in [0.4, 0.5) is 5.69 Å². The number of carbonyl (C=O) groups is 1. The Morgan fingerprint density at radius 3 is 2.39 bits per heavy atom. The lowest BCUT2D eigenvalue weighted by Crippen LogP contribution is -2.20. The molecule has 0 heterocycles. The number of ether oxygens (including phenoxy) is 2. The normalized spacial score (nSPS) is 10.5. The largest absolute Gasteiger partial charge is 0.491 e. The zero-order valence-corrected chi connectivity index (χ0v) is 14.1. The number of rotatable bonds is 6. The maximum Gasteiger partial charge on any atom is 0.262 e. The molecule has 4 heteroatoms. The monoisotopic (exact) mass is 313 g/mol. The van der Waals surface area contributed by atoms with Crippen LogP contribution in [-0.4, -0.2) is 18.6 Å². The number of hydrogen-bond donors (Lipinski definition) is 1. The van der Waals surface area contributed by atoms with Crippen molar-refractivity contribution in [1.82, 2.24) is 0 Å². The Labute approximate surface area is 137 Å². The minimum Gasteiger partial charge on any atom is -0.491 e. The third kappa shape index (κ3) is 5.02. The number of aryl methyl sites for hydroxylation is 2. The van der Waals surface area contributed by atoms with E-state index in [1.54, 1.807) is 6.07 Å². The van der Waals surface area contributed by atoms with Crippen LogP contribution < -0.4 is 14.8 Å². The Morgan fingerprint density at radius 1 is 1.09 bits per heavy atom. The maximum atomic E-state index is 12.1. The van der Waals surface area contributed by atoms with Crippen LogP contribution in [0.25, 0.3) is 0 Å². The summed E-state index contributed by atoms with van der Waals surface area (Å²) in [6.45, 7) is 7.83. The van der Waals surface area contributed by atoms with Gasteiger partial charge in [0.15, 0.2) is 6.61 Å². The highest BCUT2D eigenvalue weighted by Gasteiger charge is 2.08. The van der Waals surface area contributed by atoms with Crippen LogP contribution in [0, 0.1) is 13.8 Å². The summed E-state index contributed by atoms with van der Waals surface area (Å²) in [5, 5.41) is 2.82. The first-order valence-electron chi connectivity index (χ1n) is 7.71. The zero-order valence-electron chi connectivity index (χ0n) is 14.1. The highest BCUT2D eigenvalue weighted by molar-refractivity contribution is 5.92. The third-order valence-corrected chi connectivity index (χ3v) is 3.25. The van der Waals surface area contributed by atoms with Crippen molar-refractivity contribution in [2.75, 3.05) is 11.9 Å². The van der Waals surface area contributed by atoms with Gasteiger partial charge in [-0.05, 0) is 51.0 Å². The Kier molecular flexibility index (Phi) is 5.63. The first kappa shape index (κ1) is 16.9. The molecule has 0 spiro atoms. The summed E-state index contributed by atoms with van der Waals surface area (Å²) < 4.78 is 11.3. The molecule has 0 atom stereocenters. The van der Waals surface area contributed by atoms with Crippen molar-refractivity contribution in [3.05, 3.63) is 53.6 Å². The molecule has 122 valence electrons. The van der Waals surface area contributed by atoms with Crippen LogP contribution in [0.5, 0.6) is 11.5 Å². The summed E-state index contributed by atoms with van der Waals surface area (Å²) in [5.41, 5.74) is 2.73. The Bertz CT molecular complexity index is 660. The smallest absolute Gasteiger partial charge is 0.262 e. The minimum absolute atomic E-state index is 0.0268. The fourth-order valence-corrected chi connectivity index (χ4v) is 2.28. The second-order valence-corrected chi connectivity index (χ2v) is 5.75. The molecule has 0 unspecified atom stereocenters. The van der Waals surface area contributed by atoms with Gasteiger partial charge in [0.1, 0.15) is 11.5 Å². The van der Waals surface area contributed by atoms with E-state index < -0.39 is 0 Å². The van der Waals surface area contributed by atoms with Gasteiger partial charge in [0.05, 0.1) is 6.10 Å². The lowest BCUT2D eigenvalue weighted by atomic mass is 10.1. The molecule has 0 aliphatic heterocycles. The van der Waals surface area contributed by atoms with E-state index in [9.17, 15) is 4.79 Å². The fourth-order valence-electron chi connectivity index (χ4n) is 2.28. The van der Waals surface area contributed by atoms with Crippen LogP contribution in [0.2, 0.25) is 0 Å². The van der Waals surface area contributed by atoms with E-state index >= 15 is 0 Å². The fraction of sp³-hybridized carbons (Fsp3) is 0.316. The van der Waals surface area contributed by atoms with E-state index in [4.69, 9.17) is 9.47 Å². The van der Waals surface area contributed by atoms with E-state index in [1.165, 1.54) is 0 Å². The average Bonchev–Trinajstić information content (AvgIpc) is 2.46. The van der Waals surface area contributed by atoms with Crippen LogP contribution in [-0.2, 0) is 4.79 Å². The first-order chi connectivity index (χ1) is 11.0. The van der Waals surface area contributed by atoms with Crippen LogP contribution in [0.15, 0.2) is 42.5 Å². The lowest BCUT2D eigenvalue weighted by molar-refractivity contribution is -0.118. The lowest BCUT2D eigenvalue weighted by Gasteiger charge is -2.13. The van der Waals surface area contributed by atoms with Crippen LogP contribution in [0.1, 0.15) is 25.0 Å². The summed E-state index contributed by atoms with van der Waals surface area (Å²) in [6.07, 6.45) is 0.0910. The number of nitrogens with one attached hydrogen (secondary N) is 1. The summed E-state index contributed by atoms with van der Waals surface area (Å²) in [5.74, 6) is 1.29. The van der Waals surface area contributed by atoms with Gasteiger partial charge in [0, 0.05) is 11.8 Å². The van der Waals surface area contributed by atoms with E-state index in [0.29, 0.717) is 5.69 Å². The maximum absolute atomic E-state index is 12.1. The van der Waals surface area contributed by atoms with Gasteiger partial charge in [-0.3, -0.25) is 4.79 Å². The second-order valence-electron chi connectivity index (χ2n) is 5.75. The van der Waals surface area contributed by atoms with Gasteiger partial charge in [-0.25, -0.2) is 0 Å². The molecule has 0 saturated heterocycles. The molecule has 0 radical (unpaired) electrons. The Balaban J connectivity index is 1.95. The standard InChI is InChI=1S/C19H23NO3/c1-13(2)23-17-10-6-9-16(11-17)20-18(21)12-22-19-14(3)7-5-8-15(19)4/h5-11,13H,12H2,1-4H3,(H,20,21). The molecule has 2 aromatic carbocycles. The molecule has 0 aliphatic carbocycles. The van der Waals surface area contributed by atoms with Gasteiger partial charge in [0.2, 0.25) is 0 Å². The predicted octanol–water partition coefficient (Wildman–Crippen LogP) is 4.11. The summed E-state index contributed by atoms with van der Waals surface area (Å²) in [7, 11) is 0. The van der Waals surface area contributed by atoms with E-state index in [2.05, 4.69) is 5.32 Å². The van der Waals surface area contributed by atoms with Crippen molar-refractivity contribution in [1.29, 1.82) is 0 Å². The van der Waals surface area contributed by atoms with Gasteiger partial charge in [0.25, 0.3) is 5.91 Å².